The van der Waals surface area contributed by atoms with Crippen LogP contribution in [0.25, 0.3) is 0 Å². The lowest BCUT2D eigenvalue weighted by atomic mass is 9.81. The summed E-state index contributed by atoms with van der Waals surface area (Å²) in [6, 6.07) is 8.20. The number of rotatable bonds is 2. The van der Waals surface area contributed by atoms with E-state index >= 15 is 0 Å². The van der Waals surface area contributed by atoms with E-state index in [4.69, 9.17) is 0 Å². The van der Waals surface area contributed by atoms with Gasteiger partial charge < -0.3 is 10.2 Å². The molecule has 1 atom stereocenters. The third-order valence-corrected chi connectivity index (χ3v) is 5.21. The van der Waals surface area contributed by atoms with Crippen LogP contribution >= 0.6 is 0 Å². The second-order valence-corrected chi connectivity index (χ2v) is 6.36. The first kappa shape index (κ1) is 11.5. The number of hydrogen-bond acceptors (Lipinski definition) is 2. The zero-order chi connectivity index (χ0) is 12.9. The fraction of sp³-hybridized carbons (Fsp3) is 0.562. The first-order valence-electron chi connectivity index (χ1n) is 7.41. The summed E-state index contributed by atoms with van der Waals surface area (Å²) in [5.41, 5.74) is 1.98. The van der Waals surface area contributed by atoms with E-state index in [1.54, 1.807) is 0 Å². The lowest BCUT2D eigenvalue weighted by molar-refractivity contribution is -0.120. The maximum atomic E-state index is 12.4. The highest BCUT2D eigenvalue weighted by Crippen LogP contribution is 2.44. The Balaban J connectivity index is 1.59. The molecule has 3 heteroatoms. The molecule has 3 nitrogen and oxygen atoms in total. The van der Waals surface area contributed by atoms with E-state index in [-0.39, 0.29) is 11.3 Å². The average Bonchev–Trinajstić information content (AvgIpc) is 2.90. The van der Waals surface area contributed by atoms with Gasteiger partial charge in [0.2, 0.25) is 5.91 Å². The van der Waals surface area contributed by atoms with Crippen LogP contribution in [-0.4, -0.2) is 30.4 Å². The molecule has 1 N–H and O–H groups in total. The van der Waals surface area contributed by atoms with E-state index in [2.05, 4.69) is 22.3 Å². The zero-order valence-electron chi connectivity index (χ0n) is 11.2. The van der Waals surface area contributed by atoms with Crippen molar-refractivity contribution in [2.24, 2.45) is 5.92 Å². The van der Waals surface area contributed by atoms with E-state index < -0.39 is 0 Å². The Morgan fingerprint density at radius 2 is 2.16 bits per heavy atom. The molecule has 1 aromatic rings. The Labute approximate surface area is 114 Å². The minimum Gasteiger partial charge on any atom is -0.325 e. The van der Waals surface area contributed by atoms with Gasteiger partial charge in [0.25, 0.3) is 0 Å². The number of fused-ring (bicyclic) bond motifs is 2. The van der Waals surface area contributed by atoms with E-state index in [9.17, 15) is 4.79 Å². The third-order valence-electron chi connectivity index (χ3n) is 5.21. The van der Waals surface area contributed by atoms with Gasteiger partial charge in [0.05, 0.1) is 5.41 Å². The lowest BCUT2D eigenvalue weighted by Gasteiger charge is -2.30. The Kier molecular flexibility index (Phi) is 2.46. The van der Waals surface area contributed by atoms with Gasteiger partial charge in [-0.1, -0.05) is 24.6 Å². The molecular formula is C16H20N2O. The monoisotopic (exact) mass is 256 g/mol. The summed E-state index contributed by atoms with van der Waals surface area (Å²) in [5, 5.41) is 3.07. The predicted molar refractivity (Wildman–Crippen MR) is 75.1 cm³/mol. The van der Waals surface area contributed by atoms with Crippen molar-refractivity contribution >= 4 is 11.6 Å². The lowest BCUT2D eigenvalue weighted by Crippen LogP contribution is -2.39. The average molecular weight is 256 g/mol. The van der Waals surface area contributed by atoms with Gasteiger partial charge in [-0.2, -0.15) is 0 Å². The summed E-state index contributed by atoms with van der Waals surface area (Å²) in [6.45, 7) is 3.17. The zero-order valence-corrected chi connectivity index (χ0v) is 11.2. The Hall–Kier alpha value is -1.35. The van der Waals surface area contributed by atoms with Crippen LogP contribution in [0.5, 0.6) is 0 Å². The minimum atomic E-state index is -0.264. The summed E-state index contributed by atoms with van der Waals surface area (Å²) >= 11 is 0. The topological polar surface area (TPSA) is 32.3 Å². The van der Waals surface area contributed by atoms with Crippen molar-refractivity contribution in [1.29, 1.82) is 0 Å². The maximum absolute atomic E-state index is 12.4. The van der Waals surface area contributed by atoms with E-state index in [0.717, 1.165) is 31.1 Å². The minimum absolute atomic E-state index is 0.213. The SMILES string of the molecule is O=C1Nc2ccccc2[C@]12CCN(CC1CCC1)C2. The predicted octanol–water partition coefficient (Wildman–Crippen LogP) is 2.38. The smallest absolute Gasteiger partial charge is 0.236 e. The van der Waals surface area contributed by atoms with Crippen molar-refractivity contribution in [2.75, 3.05) is 25.0 Å². The molecule has 2 heterocycles. The second kappa shape index (κ2) is 4.07. The van der Waals surface area contributed by atoms with E-state index in [1.165, 1.54) is 31.4 Å². The molecule has 1 amide bonds. The Morgan fingerprint density at radius 3 is 2.95 bits per heavy atom. The van der Waals surface area contributed by atoms with Crippen molar-refractivity contribution in [2.45, 2.75) is 31.1 Å². The van der Waals surface area contributed by atoms with Crippen molar-refractivity contribution in [3.05, 3.63) is 29.8 Å². The molecule has 1 spiro atoms. The molecule has 1 aromatic carbocycles. The standard InChI is InChI=1S/C16H20N2O/c19-15-16(13-6-1-2-7-14(13)17-15)8-9-18(11-16)10-12-4-3-5-12/h1-2,6-7,12H,3-5,8-11H2,(H,17,19)/t16-/m1/s1. The molecule has 0 aromatic heterocycles. The van der Waals surface area contributed by atoms with Gasteiger partial charge in [0.1, 0.15) is 0 Å². The van der Waals surface area contributed by atoms with Crippen LogP contribution in [0, 0.1) is 5.92 Å². The number of carbonyl (C=O) groups excluding carboxylic acids is 1. The van der Waals surface area contributed by atoms with Gasteiger partial charge in [-0.15, -0.1) is 0 Å². The van der Waals surface area contributed by atoms with Crippen LogP contribution in [0.3, 0.4) is 0 Å². The summed E-state index contributed by atoms with van der Waals surface area (Å²) < 4.78 is 0. The molecule has 2 aliphatic heterocycles. The Morgan fingerprint density at radius 1 is 1.32 bits per heavy atom. The van der Waals surface area contributed by atoms with Crippen molar-refractivity contribution in [3.63, 3.8) is 0 Å². The number of hydrogen-bond donors (Lipinski definition) is 1. The molecule has 0 unspecified atom stereocenters. The molecular weight excluding hydrogens is 236 g/mol. The number of carbonyl (C=O) groups is 1. The number of amides is 1. The molecule has 100 valence electrons. The van der Waals surface area contributed by atoms with Gasteiger partial charge in [-0.25, -0.2) is 0 Å². The third kappa shape index (κ3) is 1.64. The van der Waals surface area contributed by atoms with Gasteiger partial charge >= 0.3 is 0 Å². The number of benzene rings is 1. The number of anilines is 1. The first-order chi connectivity index (χ1) is 9.28. The van der Waals surface area contributed by atoms with Crippen LogP contribution in [-0.2, 0) is 10.2 Å². The van der Waals surface area contributed by atoms with Crippen LogP contribution < -0.4 is 5.32 Å². The molecule has 3 aliphatic rings. The fourth-order valence-electron chi connectivity index (χ4n) is 3.86. The molecule has 0 bridgehead atoms. The highest BCUT2D eigenvalue weighted by molar-refractivity contribution is 6.06. The normalized spacial score (nSPS) is 30.4. The van der Waals surface area contributed by atoms with Crippen molar-refractivity contribution in [1.82, 2.24) is 4.90 Å². The highest BCUT2D eigenvalue weighted by Gasteiger charge is 2.51. The number of likely N-dealkylation sites (tertiary alicyclic amines) is 1. The summed E-state index contributed by atoms with van der Waals surface area (Å²) in [7, 11) is 0. The van der Waals surface area contributed by atoms with Gasteiger partial charge in [-0.3, -0.25) is 4.79 Å². The largest absolute Gasteiger partial charge is 0.325 e. The number of nitrogens with one attached hydrogen (secondary N) is 1. The molecule has 0 radical (unpaired) electrons. The molecule has 1 saturated heterocycles. The summed E-state index contributed by atoms with van der Waals surface area (Å²) in [5.74, 6) is 1.10. The van der Waals surface area contributed by atoms with Gasteiger partial charge in [-0.05, 0) is 43.4 Å². The van der Waals surface area contributed by atoms with Crippen LogP contribution in [0.2, 0.25) is 0 Å². The molecule has 2 fully saturated rings. The van der Waals surface area contributed by atoms with Crippen LogP contribution in [0.15, 0.2) is 24.3 Å². The van der Waals surface area contributed by atoms with Crippen LogP contribution in [0.4, 0.5) is 5.69 Å². The molecule has 19 heavy (non-hydrogen) atoms. The molecule has 1 aliphatic carbocycles. The Bertz CT molecular complexity index is 523. The summed E-state index contributed by atoms with van der Waals surface area (Å²) in [6.07, 6.45) is 5.13. The van der Waals surface area contributed by atoms with Crippen molar-refractivity contribution < 1.29 is 4.79 Å². The highest BCUT2D eigenvalue weighted by atomic mass is 16.2. The summed E-state index contributed by atoms with van der Waals surface area (Å²) in [4.78, 5) is 14.9. The number of para-hydroxylation sites is 1. The van der Waals surface area contributed by atoms with E-state index in [0.29, 0.717) is 0 Å². The quantitative estimate of drug-likeness (QED) is 0.881. The number of nitrogens with zero attached hydrogens (tertiary/aromatic N) is 1. The molecule has 4 rings (SSSR count). The van der Waals surface area contributed by atoms with Gasteiger partial charge in [0.15, 0.2) is 0 Å². The fourth-order valence-corrected chi connectivity index (χ4v) is 3.86. The van der Waals surface area contributed by atoms with Crippen LogP contribution in [0.1, 0.15) is 31.2 Å². The second-order valence-electron chi connectivity index (χ2n) is 6.36. The maximum Gasteiger partial charge on any atom is 0.236 e. The van der Waals surface area contributed by atoms with E-state index in [1.807, 2.05) is 12.1 Å². The first-order valence-corrected chi connectivity index (χ1v) is 7.41. The molecule has 1 saturated carbocycles. The van der Waals surface area contributed by atoms with Gasteiger partial charge in [0, 0.05) is 18.8 Å². The van der Waals surface area contributed by atoms with Crippen molar-refractivity contribution in [3.8, 4) is 0 Å².